The topological polar surface area (TPSA) is 20.2 Å². The molecule has 0 aliphatic carbocycles. The number of benzene rings is 1. The lowest BCUT2D eigenvalue weighted by Crippen LogP contribution is -1.66. The molecule has 0 amide bonds. The Bertz CT molecular complexity index is 270. The molecule has 0 heterocycles. The molecule has 0 saturated heterocycles. The molecule has 0 unspecified atom stereocenters. The molecule has 1 rings (SSSR count). The average Bonchev–Trinajstić information content (AvgIpc) is 1.97. The second-order valence-electron chi connectivity index (χ2n) is 1.59. The van der Waals surface area contributed by atoms with Gasteiger partial charge in [-0.15, -0.1) is 0 Å². The number of phenolic OH excluding ortho intramolecular Hbond substituents is 1. The highest BCUT2D eigenvalue weighted by Gasteiger charge is 1.83. The Hall–Kier alpha value is -0.980. The highest BCUT2D eigenvalue weighted by atomic mass is 16.3. The Kier molecular flexibility index (Phi) is 0.591. The van der Waals surface area contributed by atoms with Crippen LogP contribution in [0.25, 0.3) is 0 Å². The van der Waals surface area contributed by atoms with Crippen LogP contribution in [0.15, 0.2) is 24.2 Å². The zero-order chi connectivity index (χ0) is 8.59. The standard InChI is InChI=1S/C7H8O/c1-6-3-2-4-7(8)5-6/h2-5,8H,1H3/i2D,3D,4D. The average molecular weight is 111 g/mol. The highest BCUT2D eigenvalue weighted by Crippen LogP contribution is 2.08. The Balaban J connectivity index is 3.46. The predicted octanol–water partition coefficient (Wildman–Crippen LogP) is 1.70. The summed E-state index contributed by atoms with van der Waals surface area (Å²) in [6.07, 6.45) is 0. The van der Waals surface area contributed by atoms with Gasteiger partial charge in [-0.2, -0.15) is 0 Å². The third kappa shape index (κ3) is 0.997. The van der Waals surface area contributed by atoms with Gasteiger partial charge in [-0.05, 0) is 24.6 Å². The van der Waals surface area contributed by atoms with Crippen LogP contribution in [0.4, 0.5) is 0 Å². The molecule has 0 spiro atoms. The first-order valence-electron chi connectivity index (χ1n) is 3.80. The fourth-order valence-electron chi connectivity index (χ4n) is 0.471. The van der Waals surface area contributed by atoms with Gasteiger partial charge in [0.1, 0.15) is 5.75 Å². The van der Waals surface area contributed by atoms with Crippen molar-refractivity contribution in [1.29, 1.82) is 0 Å². The molecule has 0 fully saturated rings. The van der Waals surface area contributed by atoms with E-state index in [1.165, 1.54) is 6.07 Å². The quantitative estimate of drug-likeness (QED) is 0.540. The fourth-order valence-corrected chi connectivity index (χ4v) is 0.471. The van der Waals surface area contributed by atoms with Crippen molar-refractivity contribution >= 4 is 0 Å². The van der Waals surface area contributed by atoms with Gasteiger partial charge in [-0.25, -0.2) is 0 Å². The van der Waals surface area contributed by atoms with Crippen LogP contribution in [-0.4, -0.2) is 5.11 Å². The Morgan fingerprint density at radius 3 is 3.12 bits per heavy atom. The molecular formula is C7H8O. The van der Waals surface area contributed by atoms with Crippen LogP contribution in [0.2, 0.25) is 0 Å². The maximum atomic E-state index is 9.01. The maximum Gasteiger partial charge on any atom is 0.115 e. The van der Waals surface area contributed by atoms with Crippen LogP contribution in [0.1, 0.15) is 9.68 Å². The molecular weight excluding hydrogens is 100 g/mol. The SMILES string of the molecule is [2H]c1c(C)cc(O)c([2H])c1[2H]. The molecule has 0 aliphatic heterocycles. The van der Waals surface area contributed by atoms with Crippen molar-refractivity contribution in [2.75, 3.05) is 0 Å². The minimum Gasteiger partial charge on any atom is -0.508 e. The van der Waals surface area contributed by atoms with Gasteiger partial charge in [0, 0.05) is 0 Å². The molecule has 0 bridgehead atoms. The van der Waals surface area contributed by atoms with Gasteiger partial charge in [-0.1, -0.05) is 12.1 Å². The zero-order valence-electron chi connectivity index (χ0n) is 7.52. The van der Waals surface area contributed by atoms with Crippen molar-refractivity contribution < 1.29 is 9.22 Å². The summed E-state index contributed by atoms with van der Waals surface area (Å²) in [5.74, 6) is -0.233. The predicted molar refractivity (Wildman–Crippen MR) is 32.8 cm³/mol. The van der Waals surface area contributed by atoms with E-state index in [-0.39, 0.29) is 23.9 Å². The molecule has 0 aliphatic rings. The van der Waals surface area contributed by atoms with E-state index in [1.807, 2.05) is 0 Å². The van der Waals surface area contributed by atoms with E-state index >= 15 is 0 Å². The van der Waals surface area contributed by atoms with Crippen molar-refractivity contribution in [2.45, 2.75) is 6.92 Å². The molecule has 42 valence electrons. The van der Waals surface area contributed by atoms with E-state index in [2.05, 4.69) is 0 Å². The van der Waals surface area contributed by atoms with Gasteiger partial charge in [0.05, 0.1) is 4.11 Å². The third-order valence-corrected chi connectivity index (χ3v) is 0.803. The first kappa shape index (κ1) is 2.53. The fraction of sp³-hybridized carbons (Fsp3) is 0.143. The number of aryl methyl sites for hydroxylation is 1. The largest absolute Gasteiger partial charge is 0.508 e. The van der Waals surface area contributed by atoms with Crippen molar-refractivity contribution in [3.63, 3.8) is 0 Å². The summed E-state index contributed by atoms with van der Waals surface area (Å²) in [4.78, 5) is 0. The minimum atomic E-state index is -0.277. The summed E-state index contributed by atoms with van der Waals surface area (Å²) < 4.78 is 21.6. The summed E-state index contributed by atoms with van der Waals surface area (Å²) in [6.45, 7) is 1.62. The summed E-state index contributed by atoms with van der Waals surface area (Å²) in [5, 5.41) is 9.01. The first-order chi connectivity index (χ1) is 5.04. The first-order valence-corrected chi connectivity index (χ1v) is 2.30. The maximum absolute atomic E-state index is 9.01. The molecule has 0 saturated carbocycles. The van der Waals surface area contributed by atoms with Crippen LogP contribution < -0.4 is 0 Å². The molecule has 0 atom stereocenters. The number of phenols is 1. The molecule has 0 aromatic heterocycles. The summed E-state index contributed by atoms with van der Waals surface area (Å²) in [5.41, 5.74) is 0.517. The van der Waals surface area contributed by atoms with Gasteiger partial charge in [-0.3, -0.25) is 0 Å². The van der Waals surface area contributed by atoms with Crippen LogP contribution in [-0.2, 0) is 0 Å². The van der Waals surface area contributed by atoms with Gasteiger partial charge < -0.3 is 5.11 Å². The number of hydrogen-bond donors (Lipinski definition) is 1. The molecule has 1 nitrogen and oxygen atoms in total. The summed E-state index contributed by atoms with van der Waals surface area (Å²) in [6, 6.07) is 0.832. The highest BCUT2D eigenvalue weighted by molar-refractivity contribution is 5.25. The van der Waals surface area contributed by atoms with Crippen LogP contribution >= 0.6 is 0 Å². The lowest BCUT2D eigenvalue weighted by atomic mass is 10.2. The Morgan fingerprint density at radius 2 is 2.38 bits per heavy atom. The lowest BCUT2D eigenvalue weighted by Gasteiger charge is -1.89. The number of rotatable bonds is 0. The van der Waals surface area contributed by atoms with E-state index in [0.717, 1.165) is 0 Å². The van der Waals surface area contributed by atoms with E-state index in [1.54, 1.807) is 6.92 Å². The third-order valence-electron chi connectivity index (χ3n) is 0.803. The normalized spacial score (nSPS) is 14.4. The second-order valence-corrected chi connectivity index (χ2v) is 1.59. The van der Waals surface area contributed by atoms with Crippen LogP contribution in [0.5, 0.6) is 5.75 Å². The zero-order valence-corrected chi connectivity index (χ0v) is 4.52. The van der Waals surface area contributed by atoms with E-state index in [0.29, 0.717) is 5.56 Å². The van der Waals surface area contributed by atoms with Gasteiger partial charge in [0.2, 0.25) is 0 Å². The van der Waals surface area contributed by atoms with Gasteiger partial charge in [0.15, 0.2) is 0 Å². The lowest BCUT2D eigenvalue weighted by molar-refractivity contribution is 0.475. The molecule has 1 aromatic carbocycles. The molecule has 1 aromatic rings. The molecule has 8 heavy (non-hydrogen) atoms. The van der Waals surface area contributed by atoms with Crippen molar-refractivity contribution in [3.05, 3.63) is 29.8 Å². The summed E-state index contributed by atoms with van der Waals surface area (Å²) in [7, 11) is 0. The summed E-state index contributed by atoms with van der Waals surface area (Å²) >= 11 is 0. The van der Waals surface area contributed by atoms with E-state index < -0.39 is 0 Å². The monoisotopic (exact) mass is 111 g/mol. The second kappa shape index (κ2) is 1.86. The van der Waals surface area contributed by atoms with Gasteiger partial charge in [0.25, 0.3) is 0 Å². The van der Waals surface area contributed by atoms with Crippen LogP contribution in [0.3, 0.4) is 0 Å². The minimum absolute atomic E-state index is 0.00722. The molecule has 0 radical (unpaired) electrons. The molecule has 1 N–H and O–H groups in total. The number of hydrogen-bond acceptors (Lipinski definition) is 1. The molecule has 1 heteroatoms. The Morgan fingerprint density at radius 1 is 1.62 bits per heavy atom. The Labute approximate surface area is 52.8 Å². The smallest absolute Gasteiger partial charge is 0.115 e. The van der Waals surface area contributed by atoms with Crippen molar-refractivity contribution in [1.82, 2.24) is 0 Å². The van der Waals surface area contributed by atoms with Gasteiger partial charge >= 0.3 is 0 Å². The van der Waals surface area contributed by atoms with Crippen LogP contribution in [0, 0.1) is 6.92 Å². The van der Waals surface area contributed by atoms with Crippen molar-refractivity contribution in [3.8, 4) is 5.75 Å². The van der Waals surface area contributed by atoms with E-state index in [4.69, 9.17) is 9.22 Å². The number of aromatic hydroxyl groups is 1. The van der Waals surface area contributed by atoms with E-state index in [9.17, 15) is 0 Å². The van der Waals surface area contributed by atoms with Crippen molar-refractivity contribution in [2.24, 2.45) is 0 Å².